The van der Waals surface area contributed by atoms with Crippen molar-refractivity contribution in [3.05, 3.63) is 11.6 Å². The van der Waals surface area contributed by atoms with Crippen LogP contribution in [0, 0.1) is 45.3 Å². The highest BCUT2D eigenvalue weighted by molar-refractivity contribution is 5.66. The van der Waals surface area contributed by atoms with Crippen molar-refractivity contribution in [2.24, 2.45) is 45.3 Å². The maximum Gasteiger partial charge on any atom is 0.303 e. The monoisotopic (exact) mass is 828 g/mol. The summed E-state index contributed by atoms with van der Waals surface area (Å²) in [7, 11) is 0. The smallest absolute Gasteiger partial charge is 0.303 e. The van der Waals surface area contributed by atoms with Gasteiger partial charge < -0.3 is 69.6 Å². The van der Waals surface area contributed by atoms with Gasteiger partial charge in [-0.05, 0) is 112 Å². The van der Waals surface area contributed by atoms with Gasteiger partial charge in [0.25, 0.3) is 0 Å². The Kier molecular flexibility index (Phi) is 13.6. The van der Waals surface area contributed by atoms with E-state index in [4.69, 9.17) is 23.7 Å². The Morgan fingerprint density at radius 1 is 0.862 bits per heavy atom. The standard InChI is InChI=1S/C43H72O15/c1-22(18-44)9-8-14-42(7,53)25-12-16-41(6)24(25)10-11-28-40(5)15-13-31(39(3,4)29(40)17-30(49)43(28,41)21-46)57-38-36(33(51)32(50)27(19-45)56-38)58-37-34(52)35(55-23(2)47)26(48)20-54-37/h9,24-38,44-46,48-53H,8,10-21H2,1-7H3/b22-9-/t24-,25+,26+,27-,28-,29+,30+,31+,32-,33+,34-,35+,36-,37+,38+,40-,41-,42+,43+/m1/s1. The predicted octanol–water partition coefficient (Wildman–Crippen LogP) is 1.30. The van der Waals surface area contributed by atoms with Gasteiger partial charge in [-0.3, -0.25) is 4.79 Å². The summed E-state index contributed by atoms with van der Waals surface area (Å²) in [6.45, 7) is 12.5. The molecule has 0 aromatic heterocycles. The molecule has 58 heavy (non-hydrogen) atoms. The molecule has 0 aromatic carbocycles. The first-order chi connectivity index (χ1) is 27.1. The van der Waals surface area contributed by atoms with E-state index in [1.54, 1.807) is 0 Å². The van der Waals surface area contributed by atoms with Crippen LogP contribution < -0.4 is 0 Å². The number of fused-ring (bicyclic) bond motifs is 5. The van der Waals surface area contributed by atoms with Crippen LogP contribution in [-0.4, -0.2) is 151 Å². The first kappa shape index (κ1) is 46.2. The third kappa shape index (κ3) is 7.64. The molecule has 0 radical (unpaired) electrons. The van der Waals surface area contributed by atoms with Crippen molar-refractivity contribution in [2.45, 2.75) is 179 Å². The molecular formula is C43H72O15. The van der Waals surface area contributed by atoms with Gasteiger partial charge in [0.05, 0.1) is 44.2 Å². The SMILES string of the molecule is CC(=O)O[C@@H]1[C@@H](O)[C@H](O[C@H]2[C@H](O[C@H]3CC[C@]4(C)[C@H]5CC[C@@H]6[C@@H]([C@@](C)(O)CC/C=C(/C)CO)CC[C@@]6(C)[C@]5(CO)[C@@H](O)C[C@H]4C3(C)C)O[C@H](CO)[C@@H](O)[C@@H]2O)OC[C@@H]1O. The largest absolute Gasteiger partial charge is 0.457 e. The van der Waals surface area contributed by atoms with Gasteiger partial charge in [-0.1, -0.05) is 39.3 Å². The number of esters is 1. The zero-order valence-electron chi connectivity index (χ0n) is 35.4. The molecule has 6 aliphatic rings. The van der Waals surface area contributed by atoms with Gasteiger partial charge in [-0.15, -0.1) is 0 Å². The highest BCUT2D eigenvalue weighted by atomic mass is 16.8. The second-order valence-corrected chi connectivity index (χ2v) is 20.0. The Morgan fingerprint density at radius 2 is 1.57 bits per heavy atom. The van der Waals surface area contributed by atoms with E-state index in [0.29, 0.717) is 32.1 Å². The van der Waals surface area contributed by atoms with Crippen molar-refractivity contribution >= 4 is 5.97 Å². The molecule has 6 fully saturated rings. The number of hydrogen-bond donors (Lipinski definition) is 9. The van der Waals surface area contributed by atoms with Crippen LogP contribution in [0.1, 0.15) is 106 Å². The molecule has 2 heterocycles. The Balaban J connectivity index is 1.23. The van der Waals surface area contributed by atoms with Crippen LogP contribution in [-0.2, 0) is 28.5 Å². The number of ether oxygens (including phenoxy) is 5. The molecule has 0 amide bonds. The fourth-order valence-corrected chi connectivity index (χ4v) is 13.5. The molecule has 0 unspecified atom stereocenters. The van der Waals surface area contributed by atoms with Gasteiger partial charge in [0.1, 0.15) is 36.6 Å². The van der Waals surface area contributed by atoms with Crippen LogP contribution in [0.3, 0.4) is 0 Å². The number of aliphatic hydroxyl groups is 9. The number of rotatable bonds is 12. The van der Waals surface area contributed by atoms with E-state index in [9.17, 15) is 50.8 Å². The minimum absolute atomic E-state index is 0.00280. The number of hydrogen-bond acceptors (Lipinski definition) is 15. The lowest BCUT2D eigenvalue weighted by Gasteiger charge is -2.71. The average molecular weight is 829 g/mol. The van der Waals surface area contributed by atoms with E-state index >= 15 is 0 Å². The Hall–Kier alpha value is -1.31. The van der Waals surface area contributed by atoms with Crippen molar-refractivity contribution in [3.63, 3.8) is 0 Å². The maximum atomic E-state index is 12.5. The molecule has 9 N–H and O–H groups in total. The molecule has 4 aliphatic carbocycles. The topological polar surface area (TPSA) is 245 Å². The van der Waals surface area contributed by atoms with Gasteiger partial charge >= 0.3 is 5.97 Å². The number of carbonyl (C=O) groups is 1. The molecule has 0 bridgehead atoms. The molecule has 0 aromatic rings. The predicted molar refractivity (Wildman–Crippen MR) is 207 cm³/mol. The molecule has 15 heteroatoms. The maximum absolute atomic E-state index is 12.5. The summed E-state index contributed by atoms with van der Waals surface area (Å²) in [4.78, 5) is 11.7. The van der Waals surface area contributed by atoms with Crippen molar-refractivity contribution in [2.75, 3.05) is 26.4 Å². The normalized spacial score (nSPS) is 49.0. The van der Waals surface area contributed by atoms with Crippen LogP contribution in [0.25, 0.3) is 0 Å². The van der Waals surface area contributed by atoms with Crippen LogP contribution in [0.4, 0.5) is 0 Å². The zero-order chi connectivity index (χ0) is 42.7. The minimum atomic E-state index is -1.66. The summed E-state index contributed by atoms with van der Waals surface area (Å²) in [5.41, 5.74) is -2.21. The van der Waals surface area contributed by atoms with E-state index < -0.39 is 102 Å². The average Bonchev–Trinajstić information content (AvgIpc) is 3.53. The van der Waals surface area contributed by atoms with Crippen LogP contribution in [0.2, 0.25) is 0 Å². The second-order valence-electron chi connectivity index (χ2n) is 20.0. The number of aliphatic hydroxyl groups excluding tert-OH is 8. The number of allylic oxidation sites excluding steroid dienone is 1. The highest BCUT2D eigenvalue weighted by Gasteiger charge is 2.74. The third-order valence-corrected chi connectivity index (χ3v) is 16.6. The summed E-state index contributed by atoms with van der Waals surface area (Å²) in [6.07, 6.45) is -6.41. The molecule has 0 spiro atoms. The molecule has 4 saturated carbocycles. The summed E-state index contributed by atoms with van der Waals surface area (Å²) in [5.74, 6) is -0.732. The molecule has 19 atom stereocenters. The second kappa shape index (κ2) is 17.1. The summed E-state index contributed by atoms with van der Waals surface area (Å²) in [6, 6.07) is 0. The Morgan fingerprint density at radius 3 is 2.21 bits per heavy atom. The van der Waals surface area contributed by atoms with Crippen LogP contribution >= 0.6 is 0 Å². The van der Waals surface area contributed by atoms with Gasteiger partial charge in [0.15, 0.2) is 18.7 Å². The summed E-state index contributed by atoms with van der Waals surface area (Å²) in [5, 5.41) is 99.2. The lowest BCUT2D eigenvalue weighted by molar-refractivity contribution is -0.372. The van der Waals surface area contributed by atoms with Crippen LogP contribution in [0.5, 0.6) is 0 Å². The van der Waals surface area contributed by atoms with Crippen LogP contribution in [0.15, 0.2) is 11.6 Å². The molecule has 334 valence electrons. The van der Waals surface area contributed by atoms with Crippen molar-refractivity contribution in [1.29, 1.82) is 0 Å². The van der Waals surface area contributed by atoms with Gasteiger partial charge in [-0.2, -0.15) is 0 Å². The van der Waals surface area contributed by atoms with E-state index in [1.807, 2.05) is 19.9 Å². The fraction of sp³-hybridized carbons (Fsp3) is 0.930. The van der Waals surface area contributed by atoms with E-state index in [2.05, 4.69) is 27.7 Å². The third-order valence-electron chi connectivity index (χ3n) is 16.6. The van der Waals surface area contributed by atoms with E-state index in [-0.39, 0.29) is 48.9 Å². The van der Waals surface area contributed by atoms with Gasteiger partial charge in [0, 0.05) is 12.3 Å². The first-order valence-corrected chi connectivity index (χ1v) is 21.5. The lowest BCUT2D eigenvalue weighted by Crippen LogP contribution is -2.71. The van der Waals surface area contributed by atoms with Gasteiger partial charge in [0.2, 0.25) is 0 Å². The first-order valence-electron chi connectivity index (χ1n) is 21.5. The van der Waals surface area contributed by atoms with Crippen molar-refractivity contribution in [1.82, 2.24) is 0 Å². The lowest BCUT2D eigenvalue weighted by atomic mass is 9.34. The fourth-order valence-electron chi connectivity index (χ4n) is 13.5. The van der Waals surface area contributed by atoms with Crippen molar-refractivity contribution in [3.8, 4) is 0 Å². The Labute approximate surface area is 342 Å². The van der Waals surface area contributed by atoms with E-state index in [1.165, 1.54) is 0 Å². The van der Waals surface area contributed by atoms with E-state index in [0.717, 1.165) is 38.2 Å². The summed E-state index contributed by atoms with van der Waals surface area (Å²) >= 11 is 0. The molecule has 2 aliphatic heterocycles. The summed E-state index contributed by atoms with van der Waals surface area (Å²) < 4.78 is 29.5. The quantitative estimate of drug-likeness (QED) is 0.0765. The Bertz CT molecular complexity index is 1470. The molecule has 2 saturated heterocycles. The molecular weight excluding hydrogens is 756 g/mol. The van der Waals surface area contributed by atoms with Gasteiger partial charge in [-0.25, -0.2) is 0 Å². The molecule has 15 nitrogen and oxygen atoms in total. The molecule has 6 rings (SSSR count). The highest BCUT2D eigenvalue weighted by Crippen LogP contribution is 2.76. The minimum Gasteiger partial charge on any atom is -0.457 e. The van der Waals surface area contributed by atoms with Crippen molar-refractivity contribution < 1.29 is 74.4 Å². The zero-order valence-corrected chi connectivity index (χ0v) is 35.4. The number of carbonyl (C=O) groups excluding carboxylic acids is 1.